The lowest BCUT2D eigenvalue weighted by Gasteiger charge is -2.18. The summed E-state index contributed by atoms with van der Waals surface area (Å²) in [5, 5.41) is 0. The highest BCUT2D eigenvalue weighted by atomic mass is 32.2. The molecule has 0 aliphatic carbocycles. The number of benzene rings is 1. The van der Waals surface area contributed by atoms with Crippen molar-refractivity contribution in [3.8, 4) is 0 Å². The van der Waals surface area contributed by atoms with E-state index in [1.807, 2.05) is 20.8 Å². The standard InChI is InChI=1S/C12H16F3NOS/c1-11(2,3)18(17)16-8-9-4-6-10(7-5-9)12(13,14)15/h4-7,16H,8H2,1-3H3. The zero-order valence-corrected chi connectivity index (χ0v) is 11.3. The van der Waals surface area contributed by atoms with E-state index in [1.54, 1.807) is 0 Å². The Labute approximate surface area is 107 Å². The fourth-order valence-corrected chi connectivity index (χ4v) is 1.91. The molecule has 0 fully saturated rings. The van der Waals surface area contributed by atoms with Gasteiger partial charge in [0.2, 0.25) is 0 Å². The Bertz CT molecular complexity index is 420. The maximum atomic E-state index is 12.3. The molecule has 1 aromatic rings. The summed E-state index contributed by atoms with van der Waals surface area (Å²) >= 11 is 0. The average molecular weight is 279 g/mol. The van der Waals surface area contributed by atoms with Gasteiger partial charge >= 0.3 is 6.18 Å². The SMILES string of the molecule is CC(C)(C)S(=O)NCc1ccc(C(F)(F)F)cc1. The van der Waals surface area contributed by atoms with Gasteiger partial charge in [-0.05, 0) is 38.5 Å². The van der Waals surface area contributed by atoms with Crippen molar-refractivity contribution in [1.82, 2.24) is 4.72 Å². The van der Waals surface area contributed by atoms with E-state index in [2.05, 4.69) is 4.72 Å². The van der Waals surface area contributed by atoms with Crippen molar-refractivity contribution < 1.29 is 17.4 Å². The summed E-state index contributed by atoms with van der Waals surface area (Å²) in [5.41, 5.74) is -0.0104. The number of hydrogen-bond donors (Lipinski definition) is 1. The number of halogens is 3. The summed E-state index contributed by atoms with van der Waals surface area (Å²) in [6.45, 7) is 5.75. The van der Waals surface area contributed by atoms with E-state index in [1.165, 1.54) is 12.1 Å². The van der Waals surface area contributed by atoms with Crippen molar-refractivity contribution in [3.63, 3.8) is 0 Å². The van der Waals surface area contributed by atoms with E-state index in [-0.39, 0.29) is 6.54 Å². The van der Waals surface area contributed by atoms with Crippen LogP contribution in [0.5, 0.6) is 0 Å². The van der Waals surface area contributed by atoms with Crippen LogP contribution in [0.1, 0.15) is 31.9 Å². The lowest BCUT2D eigenvalue weighted by molar-refractivity contribution is -0.137. The highest BCUT2D eigenvalue weighted by Gasteiger charge is 2.29. The van der Waals surface area contributed by atoms with Crippen molar-refractivity contribution >= 4 is 11.0 Å². The minimum absolute atomic E-state index is 0.280. The second-order valence-corrected chi connectivity index (χ2v) is 6.95. The van der Waals surface area contributed by atoms with E-state index in [0.29, 0.717) is 5.56 Å². The molecule has 0 saturated carbocycles. The third-order valence-corrected chi connectivity index (χ3v) is 3.76. The highest BCUT2D eigenvalue weighted by Crippen LogP contribution is 2.29. The van der Waals surface area contributed by atoms with Gasteiger partial charge < -0.3 is 0 Å². The smallest absolute Gasteiger partial charge is 0.242 e. The second-order valence-electron chi connectivity index (χ2n) is 4.90. The van der Waals surface area contributed by atoms with Crippen LogP contribution in [0.25, 0.3) is 0 Å². The van der Waals surface area contributed by atoms with Crippen LogP contribution in [0.15, 0.2) is 24.3 Å². The van der Waals surface area contributed by atoms with Crippen molar-refractivity contribution in [1.29, 1.82) is 0 Å². The van der Waals surface area contributed by atoms with E-state index < -0.39 is 27.5 Å². The number of hydrogen-bond acceptors (Lipinski definition) is 1. The maximum absolute atomic E-state index is 12.3. The van der Waals surface area contributed by atoms with Gasteiger partial charge in [-0.15, -0.1) is 0 Å². The minimum atomic E-state index is -4.32. The number of rotatable bonds is 3. The van der Waals surface area contributed by atoms with Gasteiger partial charge in [0.05, 0.1) is 21.3 Å². The Morgan fingerprint density at radius 1 is 1.11 bits per heavy atom. The molecule has 0 aromatic heterocycles. The third-order valence-electron chi connectivity index (χ3n) is 2.24. The first-order valence-corrected chi connectivity index (χ1v) is 6.57. The lowest BCUT2D eigenvalue weighted by atomic mass is 10.1. The summed E-state index contributed by atoms with van der Waals surface area (Å²) in [6, 6.07) is 4.82. The third kappa shape index (κ3) is 4.42. The average Bonchev–Trinajstić information content (AvgIpc) is 2.24. The second kappa shape index (κ2) is 5.40. The first kappa shape index (κ1) is 15.2. The molecule has 0 heterocycles. The zero-order valence-electron chi connectivity index (χ0n) is 10.5. The van der Waals surface area contributed by atoms with Crippen LogP contribution < -0.4 is 4.72 Å². The predicted molar refractivity (Wildman–Crippen MR) is 66.2 cm³/mol. The minimum Gasteiger partial charge on any atom is -0.242 e. The first-order chi connectivity index (χ1) is 8.10. The van der Waals surface area contributed by atoms with E-state index >= 15 is 0 Å². The van der Waals surface area contributed by atoms with Crippen LogP contribution in [0.4, 0.5) is 13.2 Å². The topological polar surface area (TPSA) is 29.1 Å². The van der Waals surface area contributed by atoms with Crippen molar-refractivity contribution in [2.24, 2.45) is 0 Å². The molecule has 0 aliphatic rings. The normalized spacial score (nSPS) is 14.6. The molecule has 102 valence electrons. The van der Waals surface area contributed by atoms with Crippen molar-refractivity contribution in [3.05, 3.63) is 35.4 Å². The van der Waals surface area contributed by atoms with Crippen LogP contribution in [0.2, 0.25) is 0 Å². The van der Waals surface area contributed by atoms with Gasteiger partial charge in [-0.3, -0.25) is 0 Å². The van der Waals surface area contributed by atoms with E-state index in [9.17, 15) is 17.4 Å². The molecule has 6 heteroatoms. The fraction of sp³-hybridized carbons (Fsp3) is 0.500. The van der Waals surface area contributed by atoms with Gasteiger partial charge in [0.1, 0.15) is 0 Å². The quantitative estimate of drug-likeness (QED) is 0.904. The van der Waals surface area contributed by atoms with Crippen LogP contribution in [-0.4, -0.2) is 8.96 Å². The molecule has 2 nitrogen and oxygen atoms in total. The first-order valence-electron chi connectivity index (χ1n) is 5.42. The molecule has 1 rings (SSSR count). The molecule has 0 spiro atoms. The number of alkyl halides is 3. The Hall–Kier alpha value is -0.880. The van der Waals surface area contributed by atoms with Gasteiger partial charge in [0.15, 0.2) is 0 Å². The fourth-order valence-electron chi connectivity index (χ4n) is 1.18. The Kier molecular flexibility index (Phi) is 4.55. The molecule has 0 saturated heterocycles. The summed E-state index contributed by atoms with van der Waals surface area (Å²) < 4.78 is 51.1. The Balaban J connectivity index is 2.63. The van der Waals surface area contributed by atoms with Gasteiger partial charge in [0, 0.05) is 6.54 Å². The molecular formula is C12H16F3NOS. The molecule has 0 bridgehead atoms. The van der Waals surface area contributed by atoms with Gasteiger partial charge in [-0.1, -0.05) is 12.1 Å². The Morgan fingerprint density at radius 3 is 2.00 bits per heavy atom. The van der Waals surface area contributed by atoms with Crippen LogP contribution in [-0.2, 0) is 23.7 Å². The van der Waals surface area contributed by atoms with Gasteiger partial charge in [-0.2, -0.15) is 13.2 Å². The largest absolute Gasteiger partial charge is 0.416 e. The van der Waals surface area contributed by atoms with E-state index in [4.69, 9.17) is 0 Å². The monoisotopic (exact) mass is 279 g/mol. The molecule has 1 unspecified atom stereocenters. The molecule has 1 atom stereocenters. The molecule has 0 amide bonds. The number of nitrogens with one attached hydrogen (secondary N) is 1. The molecule has 1 aromatic carbocycles. The molecule has 0 aliphatic heterocycles. The maximum Gasteiger partial charge on any atom is 0.416 e. The summed E-state index contributed by atoms with van der Waals surface area (Å²) in [5.74, 6) is 0. The predicted octanol–water partition coefficient (Wildman–Crippen LogP) is 3.26. The summed E-state index contributed by atoms with van der Waals surface area (Å²) in [6.07, 6.45) is -4.32. The summed E-state index contributed by atoms with van der Waals surface area (Å²) in [4.78, 5) is 0. The molecular weight excluding hydrogens is 263 g/mol. The van der Waals surface area contributed by atoms with Crippen molar-refractivity contribution in [2.45, 2.75) is 38.2 Å². The summed E-state index contributed by atoms with van der Waals surface area (Å²) in [7, 11) is -1.23. The van der Waals surface area contributed by atoms with Crippen LogP contribution >= 0.6 is 0 Å². The zero-order chi connectivity index (χ0) is 14.0. The molecule has 1 N–H and O–H groups in total. The molecule has 18 heavy (non-hydrogen) atoms. The highest BCUT2D eigenvalue weighted by molar-refractivity contribution is 7.84. The van der Waals surface area contributed by atoms with Crippen LogP contribution in [0.3, 0.4) is 0 Å². The van der Waals surface area contributed by atoms with Crippen molar-refractivity contribution in [2.75, 3.05) is 0 Å². The lowest BCUT2D eigenvalue weighted by Crippen LogP contribution is -2.32. The molecule has 0 radical (unpaired) electrons. The van der Waals surface area contributed by atoms with E-state index in [0.717, 1.165) is 12.1 Å². The van der Waals surface area contributed by atoms with Crippen LogP contribution in [0, 0.1) is 0 Å². The van der Waals surface area contributed by atoms with Gasteiger partial charge in [0.25, 0.3) is 0 Å². The Morgan fingerprint density at radius 2 is 1.61 bits per heavy atom. The van der Waals surface area contributed by atoms with Gasteiger partial charge in [-0.25, -0.2) is 8.93 Å².